The van der Waals surface area contributed by atoms with Gasteiger partial charge in [-0.3, -0.25) is 0 Å². The Morgan fingerprint density at radius 1 is 1.50 bits per heavy atom. The molecule has 0 aromatic rings. The smallest absolute Gasteiger partial charge is 0.148 e. The van der Waals surface area contributed by atoms with Gasteiger partial charge in [-0.2, -0.15) is 0 Å². The molecule has 1 atom stereocenters. The summed E-state index contributed by atoms with van der Waals surface area (Å²) in [6.07, 6.45) is 2.10. The average Bonchev–Trinajstić information content (AvgIpc) is 1.84. The first-order valence-electron chi connectivity index (χ1n) is 3.93. The van der Waals surface area contributed by atoms with Crippen molar-refractivity contribution in [1.82, 2.24) is 5.32 Å². The number of sulfone groups is 1. The van der Waals surface area contributed by atoms with Crippen molar-refractivity contribution in [3.8, 4) is 0 Å². The first kappa shape index (κ1) is 12.2. The molecule has 0 aromatic heterocycles. The van der Waals surface area contributed by atoms with E-state index in [0.717, 1.165) is 6.42 Å². The van der Waals surface area contributed by atoms with Crippen molar-refractivity contribution >= 4 is 21.4 Å². The van der Waals surface area contributed by atoms with Gasteiger partial charge in [0.25, 0.3) is 0 Å². The van der Waals surface area contributed by atoms with Crippen LogP contribution in [0.5, 0.6) is 0 Å². The van der Waals surface area contributed by atoms with Crippen LogP contribution in [-0.2, 0) is 9.84 Å². The molecule has 0 amide bonds. The Kier molecular flexibility index (Phi) is 5.88. The molecular weight excluding hydrogens is 198 g/mol. The Hall–Kier alpha value is 0.200. The van der Waals surface area contributed by atoms with Crippen LogP contribution in [-0.4, -0.2) is 38.9 Å². The van der Waals surface area contributed by atoms with Crippen LogP contribution in [0.1, 0.15) is 13.3 Å². The molecule has 0 spiro atoms. The molecular formula is C7H16ClNO2S. The molecule has 0 aliphatic heterocycles. The number of hydrogen-bond acceptors (Lipinski definition) is 3. The molecule has 0 aliphatic rings. The van der Waals surface area contributed by atoms with Gasteiger partial charge < -0.3 is 5.32 Å². The SMILES string of the molecule is CC(CCCl)NCCS(C)(=O)=O. The molecule has 0 aliphatic carbocycles. The molecule has 1 N–H and O–H groups in total. The Labute approximate surface area is 79.4 Å². The Morgan fingerprint density at radius 2 is 2.08 bits per heavy atom. The van der Waals surface area contributed by atoms with Crippen molar-refractivity contribution < 1.29 is 8.42 Å². The van der Waals surface area contributed by atoms with Gasteiger partial charge >= 0.3 is 0 Å². The summed E-state index contributed by atoms with van der Waals surface area (Å²) in [5.74, 6) is 0.798. The van der Waals surface area contributed by atoms with Crippen molar-refractivity contribution in [1.29, 1.82) is 0 Å². The molecule has 0 saturated carbocycles. The summed E-state index contributed by atoms with van der Waals surface area (Å²) < 4.78 is 21.4. The zero-order valence-electron chi connectivity index (χ0n) is 7.51. The minimum atomic E-state index is -2.83. The summed E-state index contributed by atoms with van der Waals surface area (Å²) in [7, 11) is -2.83. The third kappa shape index (κ3) is 8.30. The van der Waals surface area contributed by atoms with Gasteiger partial charge in [-0.25, -0.2) is 8.42 Å². The third-order valence-electron chi connectivity index (χ3n) is 1.51. The number of rotatable bonds is 6. The Balaban J connectivity index is 3.44. The molecule has 0 saturated heterocycles. The van der Waals surface area contributed by atoms with E-state index in [1.165, 1.54) is 6.26 Å². The molecule has 12 heavy (non-hydrogen) atoms. The predicted molar refractivity (Wildman–Crippen MR) is 52.5 cm³/mol. The Morgan fingerprint density at radius 3 is 2.50 bits per heavy atom. The zero-order valence-corrected chi connectivity index (χ0v) is 9.08. The second-order valence-electron chi connectivity index (χ2n) is 2.96. The standard InChI is InChI=1S/C7H16ClNO2S/c1-7(3-4-8)9-5-6-12(2,10)11/h7,9H,3-6H2,1-2H3. The van der Waals surface area contributed by atoms with Crippen LogP contribution in [0.3, 0.4) is 0 Å². The van der Waals surface area contributed by atoms with E-state index in [9.17, 15) is 8.42 Å². The number of hydrogen-bond donors (Lipinski definition) is 1. The van der Waals surface area contributed by atoms with Gasteiger partial charge in [-0.05, 0) is 13.3 Å². The molecule has 0 aromatic carbocycles. The maximum absolute atomic E-state index is 10.7. The van der Waals surface area contributed by atoms with Crippen LogP contribution in [0.4, 0.5) is 0 Å². The van der Waals surface area contributed by atoms with Gasteiger partial charge in [-0.15, -0.1) is 11.6 Å². The molecule has 0 radical (unpaired) electrons. The highest BCUT2D eigenvalue weighted by atomic mass is 35.5. The maximum Gasteiger partial charge on any atom is 0.148 e. The van der Waals surface area contributed by atoms with Crippen LogP contribution < -0.4 is 5.32 Å². The van der Waals surface area contributed by atoms with E-state index in [2.05, 4.69) is 5.32 Å². The van der Waals surface area contributed by atoms with Gasteiger partial charge in [0.1, 0.15) is 9.84 Å². The van der Waals surface area contributed by atoms with Gasteiger partial charge in [0.2, 0.25) is 0 Å². The van der Waals surface area contributed by atoms with E-state index in [1.807, 2.05) is 6.92 Å². The minimum absolute atomic E-state index is 0.194. The van der Waals surface area contributed by atoms with Gasteiger partial charge in [0, 0.05) is 24.7 Å². The molecule has 5 heteroatoms. The highest BCUT2D eigenvalue weighted by Gasteiger charge is 2.03. The lowest BCUT2D eigenvalue weighted by Gasteiger charge is -2.10. The molecule has 0 rings (SSSR count). The first-order valence-corrected chi connectivity index (χ1v) is 6.52. The average molecular weight is 214 g/mol. The number of halogens is 1. The quantitative estimate of drug-likeness (QED) is 0.659. The molecule has 0 heterocycles. The maximum atomic E-state index is 10.7. The topological polar surface area (TPSA) is 46.2 Å². The molecule has 3 nitrogen and oxygen atoms in total. The van der Waals surface area contributed by atoms with Gasteiger partial charge in [-0.1, -0.05) is 0 Å². The van der Waals surface area contributed by atoms with E-state index >= 15 is 0 Å². The van der Waals surface area contributed by atoms with Crippen molar-refractivity contribution in [3.05, 3.63) is 0 Å². The summed E-state index contributed by atoms with van der Waals surface area (Å²) >= 11 is 5.51. The van der Waals surface area contributed by atoms with Crippen LogP contribution >= 0.6 is 11.6 Å². The van der Waals surface area contributed by atoms with E-state index in [-0.39, 0.29) is 5.75 Å². The van der Waals surface area contributed by atoms with Crippen LogP contribution in [0.2, 0.25) is 0 Å². The third-order valence-corrected chi connectivity index (χ3v) is 2.67. The van der Waals surface area contributed by atoms with Gasteiger partial charge in [0.15, 0.2) is 0 Å². The fourth-order valence-corrected chi connectivity index (χ4v) is 1.57. The summed E-state index contributed by atoms with van der Waals surface area (Å²) in [6.45, 7) is 2.50. The summed E-state index contributed by atoms with van der Waals surface area (Å²) in [5.41, 5.74) is 0. The lowest BCUT2D eigenvalue weighted by molar-refractivity contribution is 0.548. The second kappa shape index (κ2) is 5.78. The minimum Gasteiger partial charge on any atom is -0.313 e. The number of nitrogens with one attached hydrogen (secondary N) is 1. The largest absolute Gasteiger partial charge is 0.313 e. The van der Waals surface area contributed by atoms with E-state index in [4.69, 9.17) is 11.6 Å². The predicted octanol–water partition coefficient (Wildman–Crippen LogP) is 0.638. The van der Waals surface area contributed by atoms with Crippen LogP contribution in [0, 0.1) is 0 Å². The molecule has 0 fully saturated rings. The van der Waals surface area contributed by atoms with Gasteiger partial charge in [0.05, 0.1) is 5.75 Å². The molecule has 0 bridgehead atoms. The normalized spacial score (nSPS) is 14.6. The summed E-state index contributed by atoms with van der Waals surface area (Å²) in [4.78, 5) is 0. The highest BCUT2D eigenvalue weighted by molar-refractivity contribution is 7.90. The van der Waals surface area contributed by atoms with E-state index in [0.29, 0.717) is 18.5 Å². The van der Waals surface area contributed by atoms with E-state index in [1.54, 1.807) is 0 Å². The van der Waals surface area contributed by atoms with Crippen molar-refractivity contribution in [3.63, 3.8) is 0 Å². The lowest BCUT2D eigenvalue weighted by Crippen LogP contribution is -2.30. The van der Waals surface area contributed by atoms with Crippen LogP contribution in [0.15, 0.2) is 0 Å². The molecule has 1 unspecified atom stereocenters. The fraction of sp³-hybridized carbons (Fsp3) is 1.00. The zero-order chi connectivity index (χ0) is 9.61. The summed E-state index contributed by atoms with van der Waals surface area (Å²) in [6, 6.07) is 0.296. The first-order chi connectivity index (χ1) is 5.45. The van der Waals surface area contributed by atoms with Crippen molar-refractivity contribution in [2.75, 3.05) is 24.4 Å². The van der Waals surface area contributed by atoms with Crippen molar-refractivity contribution in [2.45, 2.75) is 19.4 Å². The highest BCUT2D eigenvalue weighted by Crippen LogP contribution is 1.92. The lowest BCUT2D eigenvalue weighted by atomic mass is 10.3. The van der Waals surface area contributed by atoms with Crippen molar-refractivity contribution in [2.24, 2.45) is 0 Å². The van der Waals surface area contributed by atoms with Crippen LogP contribution in [0.25, 0.3) is 0 Å². The number of alkyl halides is 1. The fourth-order valence-electron chi connectivity index (χ4n) is 0.756. The molecule has 74 valence electrons. The summed E-state index contributed by atoms with van der Waals surface area (Å²) in [5, 5.41) is 3.08. The monoisotopic (exact) mass is 213 g/mol. The Bertz CT molecular complexity index is 203. The van der Waals surface area contributed by atoms with E-state index < -0.39 is 9.84 Å². The second-order valence-corrected chi connectivity index (χ2v) is 5.60.